The summed E-state index contributed by atoms with van der Waals surface area (Å²) in [4.78, 5) is 25.1. The third-order valence-electron chi connectivity index (χ3n) is 4.12. The number of hydrogen-bond donors (Lipinski definition) is 1. The van der Waals surface area contributed by atoms with Gasteiger partial charge in [0.2, 0.25) is 5.91 Å². The highest BCUT2D eigenvalue weighted by molar-refractivity contribution is 9.10. The Bertz CT molecular complexity index is 1030. The van der Waals surface area contributed by atoms with Gasteiger partial charge in [-0.3, -0.25) is 14.3 Å². The first-order chi connectivity index (χ1) is 12.5. The second-order valence-corrected chi connectivity index (χ2v) is 6.63. The maximum Gasteiger partial charge on any atom is 0.295 e. The summed E-state index contributed by atoms with van der Waals surface area (Å²) in [5.74, 6) is -0.355. The molecule has 0 bridgehead atoms. The first kappa shape index (κ1) is 17.9. The molecule has 1 heterocycles. The lowest BCUT2D eigenvalue weighted by Gasteiger charge is -2.07. The topological polar surface area (TPSA) is 56.0 Å². The van der Waals surface area contributed by atoms with Crippen molar-refractivity contribution >= 4 is 33.6 Å². The molecule has 6 heteroatoms. The molecule has 0 aliphatic heterocycles. The molecule has 0 atom stereocenters. The number of rotatable bonds is 4. The number of anilines is 1. The number of aromatic nitrogens is 2. The van der Waals surface area contributed by atoms with Crippen LogP contribution in [-0.2, 0) is 11.8 Å². The van der Waals surface area contributed by atoms with Gasteiger partial charge in [0.15, 0.2) is 0 Å². The molecule has 132 valence electrons. The van der Waals surface area contributed by atoms with E-state index < -0.39 is 0 Å². The maximum absolute atomic E-state index is 12.8. The highest BCUT2D eigenvalue weighted by Gasteiger charge is 2.17. The van der Waals surface area contributed by atoms with Crippen LogP contribution >= 0.6 is 15.9 Å². The van der Waals surface area contributed by atoms with Gasteiger partial charge in [-0.05, 0) is 36.8 Å². The van der Waals surface area contributed by atoms with Gasteiger partial charge in [-0.2, -0.15) is 0 Å². The molecule has 0 aliphatic rings. The van der Waals surface area contributed by atoms with Gasteiger partial charge in [0.25, 0.3) is 5.56 Å². The largest absolute Gasteiger partial charge is 0.316 e. The predicted octanol–water partition coefficient (Wildman–Crippen LogP) is 3.90. The Balaban J connectivity index is 1.88. The van der Waals surface area contributed by atoms with Crippen LogP contribution in [0.2, 0.25) is 0 Å². The third kappa shape index (κ3) is 3.55. The lowest BCUT2D eigenvalue weighted by atomic mass is 10.2. The Hall–Kier alpha value is -2.86. The average Bonchev–Trinajstić information content (AvgIpc) is 2.85. The Morgan fingerprint density at radius 2 is 1.73 bits per heavy atom. The van der Waals surface area contributed by atoms with Crippen molar-refractivity contribution in [2.75, 3.05) is 5.32 Å². The fraction of sp³-hybridized carbons (Fsp3) is 0.100. The van der Waals surface area contributed by atoms with E-state index in [0.29, 0.717) is 5.69 Å². The van der Waals surface area contributed by atoms with Crippen molar-refractivity contribution < 1.29 is 4.79 Å². The molecule has 1 N–H and O–H groups in total. The van der Waals surface area contributed by atoms with E-state index >= 15 is 0 Å². The van der Waals surface area contributed by atoms with Gasteiger partial charge in [-0.25, -0.2) is 4.68 Å². The Labute approximate surface area is 159 Å². The molecule has 3 rings (SSSR count). The minimum Gasteiger partial charge on any atom is -0.316 e. The van der Waals surface area contributed by atoms with Gasteiger partial charge in [0.1, 0.15) is 5.69 Å². The number of para-hydroxylation sites is 1. The monoisotopic (exact) mass is 411 g/mol. The van der Waals surface area contributed by atoms with E-state index in [1.165, 1.54) is 10.8 Å². The van der Waals surface area contributed by atoms with Crippen molar-refractivity contribution in [3.63, 3.8) is 0 Å². The summed E-state index contributed by atoms with van der Waals surface area (Å²) in [6.45, 7) is 1.80. The van der Waals surface area contributed by atoms with Gasteiger partial charge in [0.05, 0.1) is 11.4 Å². The van der Waals surface area contributed by atoms with Crippen molar-refractivity contribution in [3.05, 3.63) is 86.8 Å². The number of benzene rings is 2. The molecule has 3 aromatic rings. The smallest absolute Gasteiger partial charge is 0.295 e. The van der Waals surface area contributed by atoms with E-state index in [1.54, 1.807) is 24.7 Å². The number of carbonyl (C=O) groups excluding carboxylic acids is 1. The molecule has 0 spiro atoms. The summed E-state index contributed by atoms with van der Waals surface area (Å²) >= 11 is 3.44. The fourth-order valence-corrected chi connectivity index (χ4v) is 3.07. The Kier molecular flexibility index (Phi) is 5.23. The van der Waals surface area contributed by atoms with Crippen LogP contribution in [0.3, 0.4) is 0 Å². The average molecular weight is 412 g/mol. The Morgan fingerprint density at radius 3 is 2.42 bits per heavy atom. The van der Waals surface area contributed by atoms with E-state index in [9.17, 15) is 9.59 Å². The zero-order valence-corrected chi connectivity index (χ0v) is 16.0. The third-order valence-corrected chi connectivity index (χ3v) is 4.84. The standard InChI is InChI=1S/C20H18BrN3O2/c1-14-19(20(26)24(23(14)2)16-9-4-3-5-10-16)22-18(25)13-12-15-8-6-7-11-17(15)21/h3-13H,1-2H3,(H,22,25)/b13-12+. The number of carbonyl (C=O) groups is 1. The van der Waals surface area contributed by atoms with Gasteiger partial charge >= 0.3 is 0 Å². The second-order valence-electron chi connectivity index (χ2n) is 5.78. The number of amides is 1. The van der Waals surface area contributed by atoms with Gasteiger partial charge in [-0.1, -0.05) is 52.3 Å². The van der Waals surface area contributed by atoms with E-state index in [2.05, 4.69) is 21.2 Å². The van der Waals surface area contributed by atoms with Crippen LogP contribution in [0.4, 0.5) is 5.69 Å². The van der Waals surface area contributed by atoms with Crippen molar-refractivity contribution in [1.82, 2.24) is 9.36 Å². The van der Waals surface area contributed by atoms with Crippen molar-refractivity contribution in [2.24, 2.45) is 7.05 Å². The first-order valence-electron chi connectivity index (χ1n) is 8.06. The van der Waals surface area contributed by atoms with Crippen LogP contribution in [0.1, 0.15) is 11.3 Å². The fourth-order valence-electron chi connectivity index (χ4n) is 2.65. The minimum absolute atomic E-state index is 0.265. The quantitative estimate of drug-likeness (QED) is 0.661. The van der Waals surface area contributed by atoms with Gasteiger partial charge < -0.3 is 5.32 Å². The molecule has 0 aliphatic carbocycles. The normalized spacial score (nSPS) is 11.0. The first-order valence-corrected chi connectivity index (χ1v) is 8.86. The van der Waals surface area contributed by atoms with Crippen LogP contribution in [-0.4, -0.2) is 15.3 Å². The van der Waals surface area contributed by atoms with Crippen LogP contribution in [0.15, 0.2) is 69.9 Å². The Morgan fingerprint density at radius 1 is 1.08 bits per heavy atom. The number of nitrogens with zero attached hydrogens (tertiary/aromatic N) is 2. The number of hydrogen-bond acceptors (Lipinski definition) is 2. The van der Waals surface area contributed by atoms with E-state index in [1.807, 2.05) is 54.6 Å². The summed E-state index contributed by atoms with van der Waals surface area (Å²) in [6, 6.07) is 16.9. The van der Waals surface area contributed by atoms with Gasteiger partial charge in [0, 0.05) is 17.6 Å². The molecule has 26 heavy (non-hydrogen) atoms. The summed E-state index contributed by atoms with van der Waals surface area (Å²) in [6.07, 6.45) is 3.12. The van der Waals surface area contributed by atoms with Gasteiger partial charge in [-0.15, -0.1) is 0 Å². The molecule has 1 amide bonds. The van der Waals surface area contributed by atoms with E-state index in [-0.39, 0.29) is 17.2 Å². The van der Waals surface area contributed by atoms with Crippen molar-refractivity contribution in [1.29, 1.82) is 0 Å². The van der Waals surface area contributed by atoms with E-state index in [0.717, 1.165) is 15.7 Å². The lowest BCUT2D eigenvalue weighted by Crippen LogP contribution is -2.22. The summed E-state index contributed by atoms with van der Waals surface area (Å²) < 4.78 is 4.15. The predicted molar refractivity (Wildman–Crippen MR) is 108 cm³/mol. The van der Waals surface area contributed by atoms with Crippen LogP contribution in [0, 0.1) is 6.92 Å². The minimum atomic E-state index is -0.355. The second kappa shape index (κ2) is 7.58. The number of nitrogens with one attached hydrogen (secondary N) is 1. The SMILES string of the molecule is Cc1c(NC(=O)/C=C/c2ccccc2Br)c(=O)n(-c2ccccc2)n1C. The lowest BCUT2D eigenvalue weighted by molar-refractivity contribution is -0.111. The molecule has 0 saturated heterocycles. The molecule has 2 aromatic carbocycles. The zero-order chi connectivity index (χ0) is 18.7. The molecule has 0 unspecified atom stereocenters. The van der Waals surface area contributed by atoms with Crippen molar-refractivity contribution in [3.8, 4) is 5.69 Å². The maximum atomic E-state index is 12.8. The zero-order valence-electron chi connectivity index (χ0n) is 14.4. The van der Waals surface area contributed by atoms with Crippen LogP contribution in [0.25, 0.3) is 11.8 Å². The molecular weight excluding hydrogens is 394 g/mol. The van der Waals surface area contributed by atoms with Crippen LogP contribution < -0.4 is 10.9 Å². The molecule has 5 nitrogen and oxygen atoms in total. The summed E-state index contributed by atoms with van der Waals surface area (Å²) in [5.41, 5.74) is 2.32. The molecule has 0 fully saturated rings. The summed E-state index contributed by atoms with van der Waals surface area (Å²) in [5, 5.41) is 2.70. The molecule has 0 radical (unpaired) electrons. The highest BCUT2D eigenvalue weighted by Crippen LogP contribution is 2.18. The molecular formula is C20H18BrN3O2. The van der Waals surface area contributed by atoms with Crippen molar-refractivity contribution in [2.45, 2.75) is 6.92 Å². The van der Waals surface area contributed by atoms with Crippen LogP contribution in [0.5, 0.6) is 0 Å². The molecule has 1 aromatic heterocycles. The number of halogens is 1. The highest BCUT2D eigenvalue weighted by atomic mass is 79.9. The molecule has 0 saturated carbocycles. The summed E-state index contributed by atoms with van der Waals surface area (Å²) in [7, 11) is 1.79. The van der Waals surface area contributed by atoms with E-state index in [4.69, 9.17) is 0 Å².